The van der Waals surface area contributed by atoms with Gasteiger partial charge in [-0.1, -0.05) is 29.8 Å². The van der Waals surface area contributed by atoms with Crippen molar-refractivity contribution < 1.29 is 32.3 Å². The normalized spacial score (nSPS) is 14.4. The Balaban J connectivity index is 0.000000405. The van der Waals surface area contributed by atoms with Gasteiger partial charge in [0, 0.05) is 42.9 Å². The number of oxazole rings is 1. The Labute approximate surface area is 214 Å². The molecule has 8 nitrogen and oxygen atoms in total. The molecular weight excluding hydrogens is 513 g/mol. The lowest BCUT2D eigenvalue weighted by molar-refractivity contribution is -0.192. The van der Waals surface area contributed by atoms with Gasteiger partial charge in [0.25, 0.3) is 5.91 Å². The van der Waals surface area contributed by atoms with Crippen LogP contribution in [-0.2, 0) is 4.79 Å². The second kappa shape index (κ2) is 10.7. The maximum atomic E-state index is 13.4. The third-order valence-corrected chi connectivity index (χ3v) is 6.10. The van der Waals surface area contributed by atoms with E-state index >= 15 is 0 Å². The van der Waals surface area contributed by atoms with Crippen molar-refractivity contribution in [3.8, 4) is 22.5 Å². The summed E-state index contributed by atoms with van der Waals surface area (Å²) in [6.07, 6.45) is -0.0972. The fourth-order valence-electron chi connectivity index (χ4n) is 3.94. The Morgan fingerprint density at radius 2 is 1.76 bits per heavy atom. The summed E-state index contributed by atoms with van der Waals surface area (Å²) in [7, 11) is 2.08. The van der Waals surface area contributed by atoms with E-state index in [1.54, 1.807) is 6.26 Å². The standard InChI is InChI=1S/C23H21ClN4O2.C2HF3O2/c1-26-7-9-27(10-8-26)23(29)20-12-19-6-5-17(16-3-2-4-18(24)11-16)13-28(19)22(20)21-14-30-15-25-21;3-2(4,5)1(6)7/h2-6,11-15H,7-10H2,1H3;(H,6,7). The molecule has 3 aromatic heterocycles. The number of carbonyl (C=O) groups is 2. The number of nitrogens with zero attached hydrogens (tertiary/aromatic N) is 4. The number of piperazine rings is 1. The fourth-order valence-corrected chi connectivity index (χ4v) is 4.13. The molecule has 0 saturated carbocycles. The van der Waals surface area contributed by atoms with Crippen LogP contribution >= 0.6 is 11.6 Å². The molecule has 1 saturated heterocycles. The molecule has 1 N–H and O–H groups in total. The van der Waals surface area contributed by atoms with Crippen LogP contribution in [0.25, 0.3) is 28.0 Å². The van der Waals surface area contributed by atoms with E-state index in [0.29, 0.717) is 29.4 Å². The van der Waals surface area contributed by atoms with E-state index in [1.807, 2.05) is 58.0 Å². The number of alkyl halides is 3. The van der Waals surface area contributed by atoms with E-state index < -0.39 is 12.1 Å². The van der Waals surface area contributed by atoms with Gasteiger partial charge in [0.15, 0.2) is 6.39 Å². The van der Waals surface area contributed by atoms with Gasteiger partial charge in [0.1, 0.15) is 12.0 Å². The first-order chi connectivity index (χ1) is 17.5. The summed E-state index contributed by atoms with van der Waals surface area (Å²) < 4.78 is 39.0. The SMILES string of the molecule is CN1CCN(C(=O)c2cc3ccc(-c4cccc(Cl)c4)cn3c2-c2cocn2)CC1.O=C(O)C(F)(F)F. The van der Waals surface area contributed by atoms with Gasteiger partial charge in [0.2, 0.25) is 0 Å². The number of rotatable bonds is 3. The highest BCUT2D eigenvalue weighted by atomic mass is 35.5. The molecule has 1 amide bonds. The van der Waals surface area contributed by atoms with E-state index in [1.165, 1.54) is 6.39 Å². The number of amides is 1. The molecule has 0 spiro atoms. The minimum Gasteiger partial charge on any atom is -0.475 e. The highest BCUT2D eigenvalue weighted by molar-refractivity contribution is 6.30. The highest BCUT2D eigenvalue weighted by Crippen LogP contribution is 2.31. The number of fused-ring (bicyclic) bond motifs is 1. The lowest BCUT2D eigenvalue weighted by Gasteiger charge is -2.32. The maximum Gasteiger partial charge on any atom is 0.490 e. The van der Waals surface area contributed by atoms with Gasteiger partial charge in [-0.3, -0.25) is 4.79 Å². The molecule has 12 heteroatoms. The molecule has 5 rings (SSSR count). The average molecular weight is 535 g/mol. The third kappa shape index (κ3) is 5.95. The van der Waals surface area contributed by atoms with Crippen molar-refractivity contribution >= 4 is 29.0 Å². The number of aliphatic carboxylic acids is 1. The van der Waals surface area contributed by atoms with Gasteiger partial charge >= 0.3 is 12.1 Å². The number of aromatic nitrogens is 2. The molecule has 0 radical (unpaired) electrons. The van der Waals surface area contributed by atoms with Crippen LogP contribution in [0.3, 0.4) is 0 Å². The number of pyridine rings is 1. The quantitative estimate of drug-likeness (QED) is 0.400. The average Bonchev–Trinajstić information content (AvgIpc) is 3.51. The third-order valence-electron chi connectivity index (χ3n) is 5.86. The van der Waals surface area contributed by atoms with E-state index in [0.717, 1.165) is 35.4 Å². The van der Waals surface area contributed by atoms with Crippen molar-refractivity contribution in [2.24, 2.45) is 0 Å². The zero-order valence-electron chi connectivity index (χ0n) is 19.6. The minimum atomic E-state index is -5.08. The topological polar surface area (TPSA) is 91.3 Å². The Hall–Kier alpha value is -3.83. The number of hydrogen-bond acceptors (Lipinski definition) is 5. The summed E-state index contributed by atoms with van der Waals surface area (Å²) in [6.45, 7) is 3.18. The van der Waals surface area contributed by atoms with Gasteiger partial charge in [-0.05, 0) is 42.4 Å². The monoisotopic (exact) mass is 534 g/mol. The van der Waals surface area contributed by atoms with Crippen LogP contribution in [0.2, 0.25) is 5.02 Å². The predicted octanol–water partition coefficient (Wildman–Crippen LogP) is 4.94. The van der Waals surface area contributed by atoms with Crippen LogP contribution in [0.5, 0.6) is 0 Å². The Bertz CT molecular complexity index is 1410. The van der Waals surface area contributed by atoms with Crippen molar-refractivity contribution in [2.45, 2.75) is 6.18 Å². The van der Waals surface area contributed by atoms with Crippen molar-refractivity contribution in [3.05, 3.63) is 71.9 Å². The summed E-state index contributed by atoms with van der Waals surface area (Å²) in [5.74, 6) is -2.73. The van der Waals surface area contributed by atoms with Crippen molar-refractivity contribution in [1.82, 2.24) is 19.2 Å². The van der Waals surface area contributed by atoms with Crippen LogP contribution in [0.15, 0.2) is 65.7 Å². The smallest absolute Gasteiger partial charge is 0.475 e. The van der Waals surface area contributed by atoms with Crippen molar-refractivity contribution in [2.75, 3.05) is 33.2 Å². The Morgan fingerprint density at radius 1 is 1.05 bits per heavy atom. The number of halogens is 4. The molecular formula is C25H22ClF3N4O4. The van der Waals surface area contributed by atoms with Gasteiger partial charge in [-0.2, -0.15) is 13.2 Å². The van der Waals surface area contributed by atoms with Crippen LogP contribution in [0, 0.1) is 0 Å². The molecule has 0 atom stereocenters. The van der Waals surface area contributed by atoms with Crippen LogP contribution < -0.4 is 0 Å². The lowest BCUT2D eigenvalue weighted by Crippen LogP contribution is -2.47. The molecule has 4 aromatic rings. The lowest BCUT2D eigenvalue weighted by atomic mass is 10.1. The van der Waals surface area contributed by atoms with Crippen LogP contribution in [0.4, 0.5) is 13.2 Å². The predicted molar refractivity (Wildman–Crippen MR) is 130 cm³/mol. The zero-order chi connectivity index (χ0) is 26.7. The summed E-state index contributed by atoms with van der Waals surface area (Å²) >= 11 is 6.18. The first kappa shape index (κ1) is 26.2. The number of likely N-dealkylation sites (N-methyl/N-ethyl adjacent to an activating group) is 1. The molecule has 0 bridgehead atoms. The first-order valence-corrected chi connectivity index (χ1v) is 11.5. The van der Waals surface area contributed by atoms with E-state index in [4.69, 9.17) is 25.9 Å². The molecule has 1 aromatic carbocycles. The van der Waals surface area contributed by atoms with Gasteiger partial charge in [0.05, 0.1) is 11.3 Å². The zero-order valence-corrected chi connectivity index (χ0v) is 20.3. The van der Waals surface area contributed by atoms with Gasteiger partial charge in [-0.25, -0.2) is 9.78 Å². The Kier molecular flexibility index (Phi) is 7.55. The first-order valence-electron chi connectivity index (χ1n) is 11.1. The number of carbonyl (C=O) groups excluding carboxylic acids is 1. The largest absolute Gasteiger partial charge is 0.490 e. The van der Waals surface area contributed by atoms with Crippen LogP contribution in [-0.4, -0.2) is 75.6 Å². The van der Waals surface area contributed by atoms with Gasteiger partial charge in [-0.15, -0.1) is 0 Å². The molecule has 1 aliphatic rings. The summed E-state index contributed by atoms with van der Waals surface area (Å²) in [6, 6.07) is 13.7. The summed E-state index contributed by atoms with van der Waals surface area (Å²) in [5, 5.41) is 7.81. The molecule has 0 unspecified atom stereocenters. The Morgan fingerprint density at radius 3 is 2.35 bits per heavy atom. The van der Waals surface area contributed by atoms with Crippen LogP contribution in [0.1, 0.15) is 10.4 Å². The highest BCUT2D eigenvalue weighted by Gasteiger charge is 2.38. The fraction of sp³-hybridized carbons (Fsp3) is 0.240. The number of hydrogen-bond donors (Lipinski definition) is 1. The number of carboxylic acid groups (broad SMARTS) is 1. The molecule has 4 heterocycles. The molecule has 37 heavy (non-hydrogen) atoms. The van der Waals surface area contributed by atoms with Gasteiger partial charge < -0.3 is 23.7 Å². The van der Waals surface area contributed by atoms with E-state index in [9.17, 15) is 18.0 Å². The minimum absolute atomic E-state index is 0.0223. The number of benzene rings is 1. The molecule has 0 aliphatic carbocycles. The van der Waals surface area contributed by atoms with E-state index in [-0.39, 0.29) is 5.91 Å². The molecule has 1 aliphatic heterocycles. The summed E-state index contributed by atoms with van der Waals surface area (Å²) in [4.78, 5) is 30.8. The second-order valence-corrected chi connectivity index (χ2v) is 8.84. The maximum absolute atomic E-state index is 13.4. The second-order valence-electron chi connectivity index (χ2n) is 8.40. The van der Waals surface area contributed by atoms with E-state index in [2.05, 4.69) is 16.9 Å². The molecule has 1 fully saturated rings. The summed E-state index contributed by atoms with van der Waals surface area (Å²) in [5.41, 5.74) is 4.95. The van der Waals surface area contributed by atoms with Crippen molar-refractivity contribution in [3.63, 3.8) is 0 Å². The van der Waals surface area contributed by atoms with Crippen molar-refractivity contribution in [1.29, 1.82) is 0 Å². The molecule has 194 valence electrons. The number of carboxylic acids is 1.